The fraction of sp³-hybridized carbons (Fsp3) is 0.167. The molecule has 0 saturated carbocycles. The second-order valence-electron chi connectivity index (χ2n) is 3.86. The van der Waals surface area contributed by atoms with Crippen molar-refractivity contribution < 1.29 is 9.18 Å². The summed E-state index contributed by atoms with van der Waals surface area (Å²) >= 11 is 5.62. The number of aromatic nitrogens is 2. The molecule has 2 aromatic rings. The van der Waals surface area contributed by atoms with Gasteiger partial charge in [-0.15, -0.1) is 0 Å². The first-order valence-electron chi connectivity index (χ1n) is 5.32. The van der Waals surface area contributed by atoms with Crippen molar-refractivity contribution >= 4 is 17.5 Å². The molecule has 1 atom stereocenters. The number of rotatable bonds is 3. The molecule has 1 amide bonds. The highest BCUT2D eigenvalue weighted by molar-refractivity contribution is 6.31. The Bertz CT molecular complexity index is 556. The van der Waals surface area contributed by atoms with E-state index in [1.165, 1.54) is 18.2 Å². The molecule has 94 valence electrons. The zero-order valence-electron chi connectivity index (χ0n) is 9.58. The van der Waals surface area contributed by atoms with Crippen molar-refractivity contribution in [3.05, 3.63) is 52.6 Å². The minimum atomic E-state index is -0.545. The Morgan fingerprint density at radius 3 is 2.94 bits per heavy atom. The van der Waals surface area contributed by atoms with Crippen LogP contribution in [0.15, 0.2) is 30.6 Å². The topological polar surface area (TPSA) is 57.8 Å². The third kappa shape index (κ3) is 2.68. The first-order valence-corrected chi connectivity index (χ1v) is 5.70. The molecule has 0 aliphatic rings. The van der Waals surface area contributed by atoms with Crippen molar-refractivity contribution in [3.63, 3.8) is 0 Å². The molecule has 0 fully saturated rings. The predicted molar refractivity (Wildman–Crippen MR) is 65.9 cm³/mol. The monoisotopic (exact) mass is 267 g/mol. The van der Waals surface area contributed by atoms with E-state index in [0.717, 1.165) is 5.56 Å². The fourth-order valence-electron chi connectivity index (χ4n) is 1.50. The van der Waals surface area contributed by atoms with Crippen LogP contribution >= 0.6 is 11.6 Å². The predicted octanol–water partition coefficient (Wildman–Crippen LogP) is 2.69. The lowest BCUT2D eigenvalue weighted by Crippen LogP contribution is -2.26. The highest BCUT2D eigenvalue weighted by Gasteiger charge is 2.13. The van der Waals surface area contributed by atoms with Gasteiger partial charge in [-0.1, -0.05) is 11.6 Å². The van der Waals surface area contributed by atoms with Gasteiger partial charge in [0, 0.05) is 17.3 Å². The maximum Gasteiger partial charge on any atom is 0.251 e. The van der Waals surface area contributed by atoms with Crippen LogP contribution in [0.3, 0.4) is 0 Å². The number of aromatic amines is 1. The molecule has 1 aromatic carbocycles. The van der Waals surface area contributed by atoms with Crippen LogP contribution in [0, 0.1) is 5.82 Å². The van der Waals surface area contributed by atoms with Crippen LogP contribution in [0.2, 0.25) is 5.02 Å². The third-order valence-electron chi connectivity index (χ3n) is 2.55. The second kappa shape index (κ2) is 5.18. The first kappa shape index (κ1) is 12.6. The van der Waals surface area contributed by atoms with Gasteiger partial charge in [-0.2, -0.15) is 5.10 Å². The molecule has 2 rings (SSSR count). The molecule has 1 unspecified atom stereocenters. The average Bonchev–Trinajstić information content (AvgIpc) is 2.86. The smallest absolute Gasteiger partial charge is 0.251 e. The van der Waals surface area contributed by atoms with Crippen LogP contribution in [0.5, 0.6) is 0 Å². The van der Waals surface area contributed by atoms with Gasteiger partial charge in [-0.05, 0) is 25.1 Å². The van der Waals surface area contributed by atoms with Gasteiger partial charge in [0.05, 0.1) is 17.3 Å². The lowest BCUT2D eigenvalue weighted by molar-refractivity contribution is 0.0940. The molecule has 0 aliphatic heterocycles. The molecule has 0 radical (unpaired) electrons. The van der Waals surface area contributed by atoms with Crippen LogP contribution in [0.25, 0.3) is 0 Å². The van der Waals surface area contributed by atoms with E-state index in [9.17, 15) is 9.18 Å². The van der Waals surface area contributed by atoms with Crippen molar-refractivity contribution in [1.29, 1.82) is 0 Å². The summed E-state index contributed by atoms with van der Waals surface area (Å²) in [7, 11) is 0. The average molecular weight is 268 g/mol. The maximum absolute atomic E-state index is 13.0. The first-order chi connectivity index (χ1) is 8.58. The van der Waals surface area contributed by atoms with Gasteiger partial charge in [-0.25, -0.2) is 4.39 Å². The number of nitrogens with zero attached hydrogens (tertiary/aromatic N) is 1. The molecule has 0 spiro atoms. The van der Waals surface area contributed by atoms with Crippen molar-refractivity contribution in [2.45, 2.75) is 13.0 Å². The van der Waals surface area contributed by atoms with Crippen LogP contribution in [-0.2, 0) is 0 Å². The zero-order valence-corrected chi connectivity index (χ0v) is 10.3. The Kier molecular flexibility index (Phi) is 3.62. The van der Waals surface area contributed by atoms with E-state index in [4.69, 9.17) is 11.6 Å². The summed E-state index contributed by atoms with van der Waals surface area (Å²) in [5.74, 6) is -0.860. The SMILES string of the molecule is CC(NC(=O)c1ccc(F)c(Cl)c1)c1cn[nH]c1. The van der Waals surface area contributed by atoms with Crippen LogP contribution in [0.1, 0.15) is 28.9 Å². The summed E-state index contributed by atoms with van der Waals surface area (Å²) in [5.41, 5.74) is 1.17. The summed E-state index contributed by atoms with van der Waals surface area (Å²) in [6, 6.07) is 3.66. The van der Waals surface area contributed by atoms with E-state index in [0.29, 0.717) is 5.56 Å². The van der Waals surface area contributed by atoms with E-state index < -0.39 is 5.82 Å². The fourth-order valence-corrected chi connectivity index (χ4v) is 1.68. The van der Waals surface area contributed by atoms with E-state index in [1.807, 2.05) is 6.92 Å². The summed E-state index contributed by atoms with van der Waals surface area (Å²) in [6.07, 6.45) is 3.32. The quantitative estimate of drug-likeness (QED) is 0.898. The van der Waals surface area contributed by atoms with E-state index in [1.54, 1.807) is 12.4 Å². The zero-order chi connectivity index (χ0) is 13.1. The Morgan fingerprint density at radius 2 is 2.33 bits per heavy atom. The Hall–Kier alpha value is -1.88. The molecule has 6 heteroatoms. The molecule has 0 saturated heterocycles. The van der Waals surface area contributed by atoms with Gasteiger partial charge in [-0.3, -0.25) is 9.89 Å². The van der Waals surface area contributed by atoms with E-state index >= 15 is 0 Å². The number of nitrogens with one attached hydrogen (secondary N) is 2. The van der Waals surface area contributed by atoms with Crippen LogP contribution in [0.4, 0.5) is 4.39 Å². The summed E-state index contributed by atoms with van der Waals surface area (Å²) in [5, 5.41) is 9.16. The van der Waals surface area contributed by atoms with Gasteiger partial charge in [0.15, 0.2) is 0 Å². The van der Waals surface area contributed by atoms with Crippen LogP contribution in [-0.4, -0.2) is 16.1 Å². The van der Waals surface area contributed by atoms with Crippen molar-refractivity contribution in [2.75, 3.05) is 0 Å². The van der Waals surface area contributed by atoms with Gasteiger partial charge >= 0.3 is 0 Å². The summed E-state index contributed by atoms with van der Waals surface area (Å²) in [6.45, 7) is 1.83. The minimum Gasteiger partial charge on any atom is -0.345 e. The number of hydrogen-bond acceptors (Lipinski definition) is 2. The minimum absolute atomic E-state index is 0.0707. The number of halogens is 2. The standard InChI is InChI=1S/C12H11ClFN3O/c1-7(9-5-15-16-6-9)17-12(18)8-2-3-11(14)10(13)4-8/h2-7H,1H3,(H,15,16)(H,17,18). The highest BCUT2D eigenvalue weighted by Crippen LogP contribution is 2.17. The number of H-pyrrole nitrogens is 1. The lowest BCUT2D eigenvalue weighted by atomic mass is 10.1. The Balaban J connectivity index is 2.10. The van der Waals surface area contributed by atoms with Crippen molar-refractivity contribution in [3.8, 4) is 0 Å². The maximum atomic E-state index is 13.0. The number of amides is 1. The van der Waals surface area contributed by atoms with Crippen molar-refractivity contribution in [2.24, 2.45) is 0 Å². The molecular weight excluding hydrogens is 257 g/mol. The molecule has 0 bridgehead atoms. The second-order valence-corrected chi connectivity index (χ2v) is 4.26. The molecule has 18 heavy (non-hydrogen) atoms. The summed E-state index contributed by atoms with van der Waals surface area (Å²) in [4.78, 5) is 11.9. The van der Waals surface area contributed by atoms with Gasteiger partial charge in [0.25, 0.3) is 5.91 Å². The molecule has 1 aromatic heterocycles. The third-order valence-corrected chi connectivity index (χ3v) is 2.84. The molecule has 0 aliphatic carbocycles. The number of benzene rings is 1. The van der Waals surface area contributed by atoms with E-state index in [2.05, 4.69) is 15.5 Å². The van der Waals surface area contributed by atoms with Gasteiger partial charge in [0.1, 0.15) is 5.82 Å². The Labute approximate surface area is 108 Å². The number of hydrogen-bond donors (Lipinski definition) is 2. The number of carbonyl (C=O) groups is 1. The largest absolute Gasteiger partial charge is 0.345 e. The van der Waals surface area contributed by atoms with Crippen molar-refractivity contribution in [1.82, 2.24) is 15.5 Å². The highest BCUT2D eigenvalue weighted by atomic mass is 35.5. The lowest BCUT2D eigenvalue weighted by Gasteiger charge is -2.12. The summed E-state index contributed by atoms with van der Waals surface area (Å²) < 4.78 is 13.0. The molecular formula is C12H11ClFN3O. The molecule has 4 nitrogen and oxygen atoms in total. The Morgan fingerprint density at radius 1 is 1.56 bits per heavy atom. The van der Waals surface area contributed by atoms with Gasteiger partial charge < -0.3 is 5.32 Å². The molecule has 2 N–H and O–H groups in total. The van der Waals surface area contributed by atoms with Crippen LogP contribution < -0.4 is 5.32 Å². The number of carbonyl (C=O) groups excluding carboxylic acids is 1. The van der Waals surface area contributed by atoms with Gasteiger partial charge in [0.2, 0.25) is 0 Å². The normalized spacial score (nSPS) is 12.2. The van der Waals surface area contributed by atoms with E-state index in [-0.39, 0.29) is 17.0 Å². The molecule has 1 heterocycles.